The van der Waals surface area contributed by atoms with Crippen LogP contribution < -0.4 is 4.74 Å². The van der Waals surface area contributed by atoms with Crippen molar-refractivity contribution in [2.45, 2.75) is 0 Å². The number of ether oxygens (including phenoxy) is 1. The molecular formula is C13H8ClNO4. The van der Waals surface area contributed by atoms with Crippen LogP contribution in [0.3, 0.4) is 0 Å². The fourth-order valence-electron chi connectivity index (χ4n) is 1.45. The maximum atomic E-state index is 10.6. The minimum atomic E-state index is -0.564. The molecule has 0 spiro atoms. The van der Waals surface area contributed by atoms with Crippen LogP contribution in [0.25, 0.3) is 0 Å². The lowest BCUT2D eigenvalue weighted by Crippen LogP contribution is -1.90. The Labute approximate surface area is 113 Å². The second-order valence-corrected chi connectivity index (χ2v) is 4.07. The van der Waals surface area contributed by atoms with E-state index in [4.69, 9.17) is 16.3 Å². The number of hydrogen-bond donors (Lipinski definition) is 0. The molecule has 5 nitrogen and oxygen atoms in total. The number of nitro groups is 1. The third-order valence-electron chi connectivity index (χ3n) is 2.37. The summed E-state index contributed by atoms with van der Waals surface area (Å²) in [5, 5.41) is 10.6. The van der Waals surface area contributed by atoms with Gasteiger partial charge in [-0.3, -0.25) is 14.9 Å². The van der Waals surface area contributed by atoms with Gasteiger partial charge in [0.1, 0.15) is 22.8 Å². The molecule has 2 aromatic rings. The molecule has 6 heteroatoms. The molecule has 0 aliphatic carbocycles. The summed E-state index contributed by atoms with van der Waals surface area (Å²) in [6, 6.07) is 10.6. The smallest absolute Gasteiger partial charge is 0.288 e. The third kappa shape index (κ3) is 3.08. The maximum absolute atomic E-state index is 10.6. The van der Waals surface area contributed by atoms with Crippen molar-refractivity contribution >= 4 is 23.6 Å². The molecule has 0 saturated heterocycles. The number of halogens is 1. The fourth-order valence-corrected chi connectivity index (χ4v) is 1.69. The SMILES string of the molecule is O=Cc1ccc(Oc2ccc([N+](=O)[O-])c(Cl)c2)cc1. The lowest BCUT2D eigenvalue weighted by molar-refractivity contribution is -0.384. The summed E-state index contributed by atoms with van der Waals surface area (Å²) in [6.07, 6.45) is 0.729. The van der Waals surface area contributed by atoms with Crippen molar-refractivity contribution in [1.82, 2.24) is 0 Å². The van der Waals surface area contributed by atoms with Gasteiger partial charge in [0.2, 0.25) is 0 Å². The Balaban J connectivity index is 2.21. The second-order valence-electron chi connectivity index (χ2n) is 3.66. The predicted octanol–water partition coefficient (Wildman–Crippen LogP) is 3.85. The number of nitro benzene ring substituents is 1. The zero-order valence-electron chi connectivity index (χ0n) is 9.58. The van der Waals surface area contributed by atoms with Crippen LogP contribution >= 0.6 is 11.6 Å². The number of rotatable bonds is 4. The van der Waals surface area contributed by atoms with E-state index in [1.165, 1.54) is 18.2 Å². The van der Waals surface area contributed by atoms with Gasteiger partial charge in [0, 0.05) is 17.7 Å². The molecule has 19 heavy (non-hydrogen) atoms. The quantitative estimate of drug-likeness (QED) is 0.483. The first kappa shape index (κ1) is 13.0. The number of carbonyl (C=O) groups excluding carboxylic acids is 1. The van der Waals surface area contributed by atoms with Crippen LogP contribution in [0.5, 0.6) is 11.5 Å². The van der Waals surface area contributed by atoms with E-state index >= 15 is 0 Å². The van der Waals surface area contributed by atoms with Crippen LogP contribution in [0.4, 0.5) is 5.69 Å². The minimum absolute atomic E-state index is 0.00649. The van der Waals surface area contributed by atoms with Gasteiger partial charge in [0.15, 0.2) is 0 Å². The van der Waals surface area contributed by atoms with E-state index in [0.29, 0.717) is 17.1 Å². The van der Waals surface area contributed by atoms with Gasteiger partial charge in [-0.1, -0.05) is 11.6 Å². The van der Waals surface area contributed by atoms with E-state index < -0.39 is 4.92 Å². The highest BCUT2D eigenvalue weighted by atomic mass is 35.5. The Kier molecular flexibility index (Phi) is 3.77. The average molecular weight is 278 g/mol. The van der Waals surface area contributed by atoms with Crippen molar-refractivity contribution in [3.8, 4) is 11.5 Å². The molecule has 0 amide bonds. The van der Waals surface area contributed by atoms with Crippen molar-refractivity contribution in [3.05, 3.63) is 63.2 Å². The Morgan fingerprint density at radius 2 is 1.74 bits per heavy atom. The second kappa shape index (κ2) is 5.49. The molecule has 0 aliphatic heterocycles. The first-order chi connectivity index (χ1) is 9.10. The van der Waals surface area contributed by atoms with Crippen molar-refractivity contribution in [2.75, 3.05) is 0 Å². The molecule has 0 saturated carbocycles. The molecule has 0 atom stereocenters. The van der Waals surface area contributed by atoms with Gasteiger partial charge in [-0.15, -0.1) is 0 Å². The van der Waals surface area contributed by atoms with Gasteiger partial charge in [-0.05, 0) is 30.3 Å². The van der Waals surface area contributed by atoms with Crippen LogP contribution in [-0.4, -0.2) is 11.2 Å². The molecule has 0 aliphatic rings. The van der Waals surface area contributed by atoms with Crippen LogP contribution in [0.15, 0.2) is 42.5 Å². The summed E-state index contributed by atoms with van der Waals surface area (Å²) < 4.78 is 5.47. The molecule has 0 N–H and O–H groups in total. The van der Waals surface area contributed by atoms with E-state index in [1.807, 2.05) is 0 Å². The molecule has 0 unspecified atom stereocenters. The van der Waals surface area contributed by atoms with Crippen LogP contribution in [0, 0.1) is 10.1 Å². The fraction of sp³-hybridized carbons (Fsp3) is 0. The minimum Gasteiger partial charge on any atom is -0.457 e. The van der Waals surface area contributed by atoms with Gasteiger partial charge in [-0.25, -0.2) is 0 Å². The molecule has 2 rings (SSSR count). The average Bonchev–Trinajstić information content (AvgIpc) is 2.39. The van der Waals surface area contributed by atoms with E-state index in [1.54, 1.807) is 24.3 Å². The number of hydrogen-bond acceptors (Lipinski definition) is 4. The molecule has 96 valence electrons. The summed E-state index contributed by atoms with van der Waals surface area (Å²) >= 11 is 5.77. The van der Waals surface area contributed by atoms with Crippen molar-refractivity contribution < 1.29 is 14.5 Å². The molecule has 0 bridgehead atoms. The Hall–Kier alpha value is -2.40. The normalized spacial score (nSPS) is 9.95. The lowest BCUT2D eigenvalue weighted by atomic mass is 10.2. The van der Waals surface area contributed by atoms with Gasteiger partial charge in [-0.2, -0.15) is 0 Å². The summed E-state index contributed by atoms with van der Waals surface area (Å²) in [4.78, 5) is 20.5. The molecule has 0 fully saturated rings. The standard InChI is InChI=1S/C13H8ClNO4/c14-12-7-11(5-6-13(12)15(17)18)19-10-3-1-9(8-16)2-4-10/h1-8H. The number of aldehydes is 1. The Morgan fingerprint density at radius 3 is 2.26 bits per heavy atom. The van der Waals surface area contributed by atoms with Gasteiger partial charge in [0.25, 0.3) is 5.69 Å². The zero-order valence-corrected chi connectivity index (χ0v) is 10.3. The van der Waals surface area contributed by atoms with Gasteiger partial charge >= 0.3 is 0 Å². The third-order valence-corrected chi connectivity index (χ3v) is 2.67. The summed E-state index contributed by atoms with van der Waals surface area (Å²) in [7, 11) is 0. The van der Waals surface area contributed by atoms with Gasteiger partial charge in [0.05, 0.1) is 4.92 Å². The van der Waals surface area contributed by atoms with E-state index in [-0.39, 0.29) is 10.7 Å². The predicted molar refractivity (Wildman–Crippen MR) is 70.0 cm³/mol. The van der Waals surface area contributed by atoms with Crippen LogP contribution in [0.2, 0.25) is 5.02 Å². The highest BCUT2D eigenvalue weighted by Gasteiger charge is 2.12. The van der Waals surface area contributed by atoms with Crippen molar-refractivity contribution in [2.24, 2.45) is 0 Å². The van der Waals surface area contributed by atoms with E-state index in [0.717, 1.165) is 6.29 Å². The first-order valence-corrected chi connectivity index (χ1v) is 5.65. The number of nitrogens with zero attached hydrogens (tertiary/aromatic N) is 1. The number of carbonyl (C=O) groups is 1. The first-order valence-electron chi connectivity index (χ1n) is 5.27. The van der Waals surface area contributed by atoms with Crippen molar-refractivity contribution in [1.29, 1.82) is 0 Å². The summed E-state index contributed by atoms with van der Waals surface area (Å²) in [6.45, 7) is 0. The summed E-state index contributed by atoms with van der Waals surface area (Å²) in [5.74, 6) is 0.893. The topological polar surface area (TPSA) is 69.4 Å². The molecule has 0 aromatic heterocycles. The molecule has 0 radical (unpaired) electrons. The highest BCUT2D eigenvalue weighted by Crippen LogP contribution is 2.30. The van der Waals surface area contributed by atoms with Crippen molar-refractivity contribution in [3.63, 3.8) is 0 Å². The largest absolute Gasteiger partial charge is 0.457 e. The van der Waals surface area contributed by atoms with Gasteiger partial charge < -0.3 is 4.74 Å². The van der Waals surface area contributed by atoms with Crippen LogP contribution in [0.1, 0.15) is 10.4 Å². The maximum Gasteiger partial charge on any atom is 0.288 e. The lowest BCUT2D eigenvalue weighted by Gasteiger charge is -2.06. The summed E-state index contributed by atoms with van der Waals surface area (Å²) in [5.41, 5.74) is 0.361. The molecule has 0 heterocycles. The van der Waals surface area contributed by atoms with E-state index in [2.05, 4.69) is 0 Å². The number of benzene rings is 2. The van der Waals surface area contributed by atoms with E-state index in [9.17, 15) is 14.9 Å². The Morgan fingerprint density at radius 1 is 1.11 bits per heavy atom. The zero-order chi connectivity index (χ0) is 13.8. The highest BCUT2D eigenvalue weighted by molar-refractivity contribution is 6.32. The Bertz CT molecular complexity index is 625. The monoisotopic (exact) mass is 277 g/mol. The van der Waals surface area contributed by atoms with Crippen LogP contribution in [-0.2, 0) is 0 Å². The molecular weight excluding hydrogens is 270 g/mol. The molecule has 2 aromatic carbocycles.